The molecular formula is C48H84N12O3. The van der Waals surface area contributed by atoms with Gasteiger partial charge in [-0.3, -0.25) is 29.1 Å². The average molecular weight is 877 g/mol. The zero-order chi connectivity index (χ0) is 46.2. The van der Waals surface area contributed by atoms with Gasteiger partial charge in [-0.25, -0.2) is 30.1 Å². The van der Waals surface area contributed by atoms with Crippen LogP contribution < -0.4 is 15.0 Å². The smallest absolute Gasteiger partial charge is 0.261 e. The van der Waals surface area contributed by atoms with Crippen LogP contribution in [0.25, 0.3) is 0 Å². The highest BCUT2D eigenvalue weighted by Crippen LogP contribution is 2.42. The Kier molecular flexibility index (Phi) is 12.7. The number of rotatable bonds is 9. The van der Waals surface area contributed by atoms with Crippen LogP contribution in [-0.4, -0.2) is 155 Å². The lowest BCUT2D eigenvalue weighted by atomic mass is 9.88. The molecule has 6 aliphatic rings. The third-order valence-electron chi connectivity index (χ3n) is 16.9. The average Bonchev–Trinajstić information content (AvgIpc) is 3.23. The monoisotopic (exact) mass is 877 g/mol. The fourth-order valence-corrected chi connectivity index (χ4v) is 11.8. The lowest BCUT2D eigenvalue weighted by Crippen LogP contribution is -2.74. The summed E-state index contributed by atoms with van der Waals surface area (Å²) in [4.78, 5) is 68.6. The summed E-state index contributed by atoms with van der Waals surface area (Å²) in [5.41, 5.74) is -3.50. The van der Waals surface area contributed by atoms with Gasteiger partial charge in [0, 0.05) is 16.6 Å². The van der Waals surface area contributed by atoms with Gasteiger partial charge in [0.1, 0.15) is 0 Å². The first-order valence-electron chi connectivity index (χ1n) is 24.6. The van der Waals surface area contributed by atoms with E-state index in [9.17, 15) is 0 Å². The van der Waals surface area contributed by atoms with Crippen LogP contribution in [0.3, 0.4) is 0 Å². The van der Waals surface area contributed by atoms with Gasteiger partial charge < -0.3 is 0 Å². The van der Waals surface area contributed by atoms with Crippen LogP contribution in [0.2, 0.25) is 0 Å². The molecule has 0 unspecified atom stereocenters. The van der Waals surface area contributed by atoms with Crippen molar-refractivity contribution < 1.29 is 14.4 Å². The molecule has 4 heterocycles. The zero-order valence-corrected chi connectivity index (χ0v) is 42.1. The Bertz CT molecular complexity index is 1640. The molecule has 0 aromatic carbocycles. The summed E-state index contributed by atoms with van der Waals surface area (Å²) in [6.45, 7) is 26.7. The summed E-state index contributed by atoms with van der Waals surface area (Å²) < 4.78 is 0. The molecule has 0 bridgehead atoms. The Morgan fingerprint density at radius 3 is 0.794 bits per heavy atom. The first-order valence-corrected chi connectivity index (χ1v) is 24.6. The van der Waals surface area contributed by atoms with Gasteiger partial charge in [-0.05, 0) is 143 Å². The molecule has 354 valence electrons. The van der Waals surface area contributed by atoms with E-state index in [2.05, 4.69) is 92.4 Å². The van der Waals surface area contributed by atoms with Crippen LogP contribution in [0.15, 0.2) is 0 Å². The van der Waals surface area contributed by atoms with Gasteiger partial charge in [-0.15, -0.1) is 0 Å². The molecule has 0 N–H and O–H groups in total. The molecule has 0 spiro atoms. The van der Waals surface area contributed by atoms with Gasteiger partial charge in [-0.1, -0.05) is 57.8 Å². The molecule has 15 heteroatoms. The van der Waals surface area contributed by atoms with Gasteiger partial charge >= 0.3 is 0 Å². The first-order chi connectivity index (χ1) is 29.2. The number of hydrogen-bond acceptors (Lipinski definition) is 12. The van der Waals surface area contributed by atoms with E-state index in [1.807, 2.05) is 56.6 Å². The van der Waals surface area contributed by atoms with Crippen molar-refractivity contribution in [2.75, 3.05) is 55.8 Å². The van der Waals surface area contributed by atoms with Crippen molar-refractivity contribution in [2.24, 2.45) is 0 Å². The predicted octanol–water partition coefficient (Wildman–Crippen LogP) is 7.03. The van der Waals surface area contributed by atoms with E-state index in [1.54, 1.807) is 0 Å². The summed E-state index contributed by atoms with van der Waals surface area (Å²) >= 11 is 0. The van der Waals surface area contributed by atoms with Gasteiger partial charge in [0.05, 0.1) is 54.4 Å². The number of carbonyl (C=O) groups is 3. The number of nitrogens with zero attached hydrogens (tertiary/aromatic N) is 12. The number of amides is 3. The fourth-order valence-electron chi connectivity index (χ4n) is 11.8. The maximum absolute atomic E-state index is 15.1. The maximum Gasteiger partial charge on any atom is 0.261 e. The Balaban J connectivity index is 1.52. The van der Waals surface area contributed by atoms with Crippen LogP contribution in [0, 0.1) is 0 Å². The Labute approximate surface area is 380 Å². The van der Waals surface area contributed by atoms with Crippen LogP contribution >= 0.6 is 0 Å². The number of hydrogen-bond donors (Lipinski definition) is 0. The van der Waals surface area contributed by atoms with E-state index < -0.39 is 16.6 Å². The number of hydrazine groups is 3. The van der Waals surface area contributed by atoms with Gasteiger partial charge in [0.2, 0.25) is 0 Å². The topological polar surface area (TPSA) is 119 Å². The molecule has 1 aromatic rings. The highest BCUT2D eigenvalue weighted by Gasteiger charge is 2.55. The second-order valence-corrected chi connectivity index (χ2v) is 23.5. The number of likely N-dealkylation sites (N-methyl/N-ethyl adjacent to an activating group) is 3. The summed E-state index contributed by atoms with van der Waals surface area (Å²) in [6.07, 6.45) is 15.1. The number of anilines is 3. The number of aromatic nitrogens is 3. The zero-order valence-electron chi connectivity index (χ0n) is 42.1. The largest absolute Gasteiger partial charge is 0.286 e. The molecule has 0 radical (unpaired) electrons. The lowest BCUT2D eigenvalue weighted by Gasteiger charge is -2.58. The molecule has 3 saturated heterocycles. The third-order valence-corrected chi connectivity index (χ3v) is 16.9. The molecule has 3 aliphatic carbocycles. The summed E-state index contributed by atoms with van der Waals surface area (Å²) in [7, 11) is 6.15. The van der Waals surface area contributed by atoms with Crippen LogP contribution in [0.5, 0.6) is 0 Å². The molecule has 63 heavy (non-hydrogen) atoms. The second kappa shape index (κ2) is 16.8. The summed E-state index contributed by atoms with van der Waals surface area (Å²) in [5.74, 6) is 1.24. The Morgan fingerprint density at radius 1 is 0.381 bits per heavy atom. The predicted molar refractivity (Wildman–Crippen MR) is 251 cm³/mol. The molecule has 1 aromatic heterocycles. The fraction of sp³-hybridized carbons (Fsp3) is 0.875. The van der Waals surface area contributed by atoms with Gasteiger partial charge in [-0.2, -0.15) is 15.0 Å². The molecular weight excluding hydrogens is 793 g/mol. The number of carbonyl (C=O) groups excluding carboxylic acids is 3. The molecule has 3 saturated carbocycles. The molecule has 15 nitrogen and oxygen atoms in total. The highest BCUT2D eigenvalue weighted by molar-refractivity contribution is 5.89. The minimum Gasteiger partial charge on any atom is -0.286 e. The van der Waals surface area contributed by atoms with Crippen LogP contribution in [0.1, 0.15) is 179 Å². The van der Waals surface area contributed by atoms with E-state index >= 15 is 14.4 Å². The first kappa shape index (κ1) is 47.7. The molecule has 3 amide bonds. The van der Waals surface area contributed by atoms with E-state index in [0.29, 0.717) is 37.5 Å². The van der Waals surface area contributed by atoms with Crippen molar-refractivity contribution in [3.8, 4) is 0 Å². The Hall–Kier alpha value is -3.30. The third kappa shape index (κ3) is 8.42. The van der Waals surface area contributed by atoms with Crippen molar-refractivity contribution in [1.82, 2.24) is 44.7 Å². The van der Waals surface area contributed by atoms with Crippen molar-refractivity contribution >= 4 is 35.6 Å². The minimum atomic E-state index is -0.803. The van der Waals surface area contributed by atoms with E-state index in [1.165, 1.54) is 0 Å². The summed E-state index contributed by atoms with van der Waals surface area (Å²) in [5, 5.41) is 12.3. The maximum atomic E-state index is 15.1. The van der Waals surface area contributed by atoms with Crippen molar-refractivity contribution in [3.05, 3.63) is 0 Å². The molecule has 3 aliphatic heterocycles. The van der Waals surface area contributed by atoms with E-state index in [-0.39, 0.29) is 52.5 Å². The SMILES string of the molecule is CN1C(C)(C)CN(N(c2nc(N(C3CCCCC3)N3CC(C)(C)N(C)C(C)(C)C3=O)nc(N(C3CCCCC3)N3CC(C)(C)N(C)C(C)(C)C3=O)n2)C2CCCCC2)C(=O)C1(C)C. The summed E-state index contributed by atoms with van der Waals surface area (Å²) in [6, 6.07) is -0.0880. The van der Waals surface area contributed by atoms with Gasteiger partial charge in [0.15, 0.2) is 0 Å². The quantitative estimate of drug-likeness (QED) is 0.254. The van der Waals surface area contributed by atoms with Crippen molar-refractivity contribution in [3.63, 3.8) is 0 Å². The Morgan fingerprint density at radius 2 is 0.587 bits per heavy atom. The normalized spacial score (nSPS) is 27.5. The molecule has 7 rings (SSSR count). The van der Waals surface area contributed by atoms with E-state index in [4.69, 9.17) is 15.0 Å². The minimum absolute atomic E-state index is 0.00201. The lowest BCUT2D eigenvalue weighted by molar-refractivity contribution is -0.159. The molecule has 6 fully saturated rings. The van der Waals surface area contributed by atoms with Crippen LogP contribution in [0.4, 0.5) is 17.8 Å². The second-order valence-electron chi connectivity index (χ2n) is 23.5. The standard InChI is InChI=1S/C48H84N12O3/c1-43(2)31-55(37(61)46(7,8)52(43)13)58(34-25-19-16-20-26-34)40-49-41(59(35-27-21-17-22-28-35)56-32-44(3,4)53(14)47(9,10)38(56)62)51-42(50-40)60(36-29-23-18-24-30-36)57-33-45(5,6)54(15)48(11,12)39(57)63/h34-36H,16-33H2,1-15H3. The van der Waals surface area contributed by atoms with Crippen LogP contribution in [-0.2, 0) is 14.4 Å². The molecule has 0 atom stereocenters. The van der Waals surface area contributed by atoms with Gasteiger partial charge in [0.25, 0.3) is 35.6 Å². The van der Waals surface area contributed by atoms with Crippen molar-refractivity contribution in [2.45, 2.75) is 231 Å². The highest BCUT2D eigenvalue weighted by atomic mass is 16.2. The van der Waals surface area contributed by atoms with Crippen molar-refractivity contribution in [1.29, 1.82) is 0 Å². The van der Waals surface area contributed by atoms with E-state index in [0.717, 1.165) is 96.3 Å². The number of piperazine rings is 3.